The van der Waals surface area contributed by atoms with Crippen molar-refractivity contribution in [1.82, 2.24) is 10.4 Å². The molecule has 1 aliphatic rings. The second-order valence-electron chi connectivity index (χ2n) is 5.94. The van der Waals surface area contributed by atoms with Crippen molar-refractivity contribution in [1.29, 1.82) is 0 Å². The summed E-state index contributed by atoms with van der Waals surface area (Å²) in [4.78, 5) is 4.86. The number of pyridine rings is 1. The molecule has 0 bridgehead atoms. The Hall–Kier alpha value is -0.970. The van der Waals surface area contributed by atoms with Crippen LogP contribution in [0.3, 0.4) is 0 Å². The Morgan fingerprint density at radius 2 is 1.86 bits per heavy atom. The van der Waals surface area contributed by atoms with Crippen LogP contribution in [0.1, 0.15) is 50.3 Å². The molecule has 1 heterocycles. The first-order chi connectivity index (χ1) is 10.3. The highest BCUT2D eigenvalue weighted by Crippen LogP contribution is 2.36. The van der Waals surface area contributed by atoms with E-state index in [1.807, 2.05) is 12.1 Å². The Morgan fingerprint density at radius 3 is 2.57 bits per heavy atom. The third-order valence-corrected chi connectivity index (χ3v) is 5.19. The van der Waals surface area contributed by atoms with Crippen molar-refractivity contribution < 1.29 is 0 Å². The van der Waals surface area contributed by atoms with Gasteiger partial charge in [0.05, 0.1) is 17.3 Å². The third-order valence-electron chi connectivity index (χ3n) is 4.55. The molecule has 3 N–H and O–H groups in total. The van der Waals surface area contributed by atoms with Gasteiger partial charge in [0.25, 0.3) is 0 Å². The summed E-state index contributed by atoms with van der Waals surface area (Å²) < 4.78 is 1.05. The molecule has 1 saturated carbocycles. The van der Waals surface area contributed by atoms with Gasteiger partial charge in [-0.3, -0.25) is 11.3 Å². The molecule has 3 rings (SSSR count). The highest BCUT2D eigenvalue weighted by molar-refractivity contribution is 9.10. The Morgan fingerprint density at radius 1 is 1.14 bits per heavy atom. The highest BCUT2D eigenvalue weighted by Gasteiger charge is 2.26. The second kappa shape index (κ2) is 6.86. The van der Waals surface area contributed by atoms with Gasteiger partial charge in [-0.15, -0.1) is 0 Å². The Kier molecular flexibility index (Phi) is 4.88. The summed E-state index contributed by atoms with van der Waals surface area (Å²) in [6.07, 6.45) is 7.76. The number of hydrogen-bond donors (Lipinski definition) is 2. The normalized spacial score (nSPS) is 18.6. The summed E-state index contributed by atoms with van der Waals surface area (Å²) in [7, 11) is 0. The van der Waals surface area contributed by atoms with Crippen LogP contribution in [0.25, 0.3) is 10.9 Å². The molecular weight excluding hydrogens is 326 g/mol. The maximum atomic E-state index is 5.89. The summed E-state index contributed by atoms with van der Waals surface area (Å²) in [6.45, 7) is 0. The van der Waals surface area contributed by atoms with Gasteiger partial charge < -0.3 is 0 Å². The lowest BCUT2D eigenvalue weighted by atomic mass is 9.89. The molecule has 21 heavy (non-hydrogen) atoms. The minimum atomic E-state index is 0.127. The van der Waals surface area contributed by atoms with Gasteiger partial charge in [-0.25, -0.2) is 4.98 Å². The average molecular weight is 348 g/mol. The molecule has 0 saturated heterocycles. The van der Waals surface area contributed by atoms with Gasteiger partial charge >= 0.3 is 0 Å². The molecule has 112 valence electrons. The smallest absolute Gasteiger partial charge is 0.0738 e. The van der Waals surface area contributed by atoms with Crippen LogP contribution < -0.4 is 11.3 Å². The van der Waals surface area contributed by atoms with E-state index in [9.17, 15) is 0 Å². The van der Waals surface area contributed by atoms with Crippen molar-refractivity contribution in [2.24, 2.45) is 11.8 Å². The summed E-state index contributed by atoms with van der Waals surface area (Å²) in [5.74, 6) is 6.46. The molecule has 4 heteroatoms. The number of hydrazine groups is 1. The highest BCUT2D eigenvalue weighted by atomic mass is 79.9. The van der Waals surface area contributed by atoms with Gasteiger partial charge in [0.2, 0.25) is 0 Å². The fourth-order valence-corrected chi connectivity index (χ4v) is 3.99. The molecule has 0 aliphatic heterocycles. The third kappa shape index (κ3) is 3.28. The standard InChI is InChI=1S/C17H22BrN3/c18-14-11-13-9-5-6-10-15(13)20-17(14)16(21-19)12-7-3-1-2-4-8-12/h5-6,9-12,16,21H,1-4,7-8,19H2. The van der Waals surface area contributed by atoms with Crippen LogP contribution in [0.15, 0.2) is 34.8 Å². The van der Waals surface area contributed by atoms with Gasteiger partial charge in [0, 0.05) is 9.86 Å². The van der Waals surface area contributed by atoms with E-state index >= 15 is 0 Å². The van der Waals surface area contributed by atoms with Crippen LogP contribution in [0.2, 0.25) is 0 Å². The van der Waals surface area contributed by atoms with E-state index in [-0.39, 0.29) is 6.04 Å². The molecule has 1 fully saturated rings. The maximum Gasteiger partial charge on any atom is 0.0738 e. The zero-order chi connectivity index (χ0) is 14.7. The first-order valence-corrected chi connectivity index (χ1v) is 8.60. The van der Waals surface area contributed by atoms with Crippen LogP contribution in [0, 0.1) is 5.92 Å². The van der Waals surface area contributed by atoms with Crippen molar-refractivity contribution in [2.45, 2.75) is 44.6 Å². The monoisotopic (exact) mass is 347 g/mol. The van der Waals surface area contributed by atoms with E-state index in [0.29, 0.717) is 5.92 Å². The lowest BCUT2D eigenvalue weighted by Gasteiger charge is -2.26. The van der Waals surface area contributed by atoms with Crippen LogP contribution in [-0.4, -0.2) is 4.98 Å². The topological polar surface area (TPSA) is 50.9 Å². The van der Waals surface area contributed by atoms with Gasteiger partial charge in [0.15, 0.2) is 0 Å². The van der Waals surface area contributed by atoms with Crippen LogP contribution >= 0.6 is 15.9 Å². The number of nitrogens with zero attached hydrogens (tertiary/aromatic N) is 1. The van der Waals surface area contributed by atoms with Crippen molar-refractivity contribution in [3.63, 3.8) is 0 Å². The zero-order valence-corrected chi connectivity index (χ0v) is 13.8. The lowest BCUT2D eigenvalue weighted by molar-refractivity contribution is 0.323. The fraction of sp³-hybridized carbons (Fsp3) is 0.471. The lowest BCUT2D eigenvalue weighted by Crippen LogP contribution is -2.34. The molecule has 3 nitrogen and oxygen atoms in total. The zero-order valence-electron chi connectivity index (χ0n) is 12.2. The predicted octanol–water partition coefficient (Wildman–Crippen LogP) is 4.47. The van der Waals surface area contributed by atoms with Gasteiger partial charge in [-0.05, 0) is 46.8 Å². The molecule has 2 aromatic rings. The number of rotatable bonds is 3. The molecule has 0 radical (unpaired) electrons. The van der Waals surface area contributed by atoms with Crippen molar-refractivity contribution in [2.75, 3.05) is 0 Å². The number of aromatic nitrogens is 1. The Labute approximate surface area is 134 Å². The minimum Gasteiger partial charge on any atom is -0.271 e. The number of para-hydroxylation sites is 1. The summed E-state index contributed by atoms with van der Waals surface area (Å²) in [5.41, 5.74) is 5.11. The number of nitrogens with two attached hydrogens (primary N) is 1. The average Bonchev–Trinajstić information content (AvgIpc) is 2.78. The van der Waals surface area contributed by atoms with E-state index in [4.69, 9.17) is 10.8 Å². The van der Waals surface area contributed by atoms with Gasteiger partial charge in [0.1, 0.15) is 0 Å². The van der Waals surface area contributed by atoms with Crippen molar-refractivity contribution in [3.8, 4) is 0 Å². The van der Waals surface area contributed by atoms with E-state index in [0.717, 1.165) is 21.1 Å². The number of hydrogen-bond acceptors (Lipinski definition) is 3. The van der Waals surface area contributed by atoms with Gasteiger partial charge in [-0.1, -0.05) is 43.9 Å². The molecule has 1 aliphatic carbocycles. The fourth-order valence-electron chi connectivity index (χ4n) is 3.41. The van der Waals surface area contributed by atoms with E-state index in [1.54, 1.807) is 0 Å². The number of halogens is 1. The van der Waals surface area contributed by atoms with Gasteiger partial charge in [-0.2, -0.15) is 0 Å². The minimum absolute atomic E-state index is 0.127. The van der Waals surface area contributed by atoms with Crippen LogP contribution in [0.4, 0.5) is 0 Å². The quantitative estimate of drug-likeness (QED) is 0.489. The molecule has 0 amide bonds. The van der Waals surface area contributed by atoms with E-state index in [2.05, 4.69) is 39.6 Å². The molecular formula is C17H22BrN3. The maximum absolute atomic E-state index is 5.89. The summed E-state index contributed by atoms with van der Waals surface area (Å²) >= 11 is 3.69. The first kappa shape index (κ1) is 14.9. The predicted molar refractivity (Wildman–Crippen MR) is 90.7 cm³/mol. The van der Waals surface area contributed by atoms with Crippen LogP contribution in [-0.2, 0) is 0 Å². The number of nitrogens with one attached hydrogen (secondary N) is 1. The molecule has 1 unspecified atom stereocenters. The first-order valence-electron chi connectivity index (χ1n) is 7.81. The van der Waals surface area contributed by atoms with E-state index < -0.39 is 0 Å². The number of fused-ring (bicyclic) bond motifs is 1. The summed E-state index contributed by atoms with van der Waals surface area (Å²) in [5, 5.41) is 1.16. The molecule has 1 aromatic heterocycles. The second-order valence-corrected chi connectivity index (χ2v) is 6.80. The van der Waals surface area contributed by atoms with Crippen LogP contribution in [0.5, 0.6) is 0 Å². The Bertz CT molecular complexity index is 606. The Balaban J connectivity index is 1.97. The molecule has 0 spiro atoms. The van der Waals surface area contributed by atoms with E-state index in [1.165, 1.54) is 38.5 Å². The number of benzene rings is 1. The molecule has 1 aromatic carbocycles. The largest absolute Gasteiger partial charge is 0.271 e. The molecule has 1 atom stereocenters. The summed E-state index contributed by atoms with van der Waals surface area (Å²) in [6, 6.07) is 10.5. The van der Waals surface area contributed by atoms with Crippen molar-refractivity contribution >= 4 is 26.8 Å². The van der Waals surface area contributed by atoms with Crippen molar-refractivity contribution in [3.05, 3.63) is 40.5 Å². The SMILES string of the molecule is NNC(c1nc2ccccc2cc1Br)C1CCCCCC1.